The summed E-state index contributed by atoms with van der Waals surface area (Å²) in [7, 11) is 0. The van der Waals surface area contributed by atoms with Gasteiger partial charge in [-0.25, -0.2) is 4.79 Å². The number of fused-ring (bicyclic) bond motifs is 2. The van der Waals surface area contributed by atoms with E-state index in [4.69, 9.17) is 9.84 Å². The number of benzene rings is 1. The quantitative estimate of drug-likeness (QED) is 0.788. The van der Waals surface area contributed by atoms with Gasteiger partial charge in [0.05, 0.1) is 24.7 Å². The maximum Gasteiger partial charge on any atom is 0.319 e. The van der Waals surface area contributed by atoms with Gasteiger partial charge in [-0.2, -0.15) is 0 Å². The molecule has 0 spiro atoms. The van der Waals surface area contributed by atoms with Crippen LogP contribution in [-0.4, -0.2) is 35.4 Å². The molecular weight excluding hydrogens is 272 g/mol. The first-order valence-electron chi connectivity index (χ1n) is 7.14. The van der Waals surface area contributed by atoms with E-state index in [0.29, 0.717) is 17.4 Å². The van der Waals surface area contributed by atoms with Gasteiger partial charge in [0.25, 0.3) is 0 Å². The predicted octanol–water partition coefficient (Wildman–Crippen LogP) is 1.76. The Hall–Kier alpha value is -2.08. The lowest BCUT2D eigenvalue weighted by atomic mass is 9.96. The van der Waals surface area contributed by atoms with E-state index in [1.165, 1.54) is 0 Å². The van der Waals surface area contributed by atoms with Crippen molar-refractivity contribution in [2.75, 3.05) is 5.32 Å². The number of hydrogen-bond acceptors (Lipinski definition) is 3. The third kappa shape index (κ3) is 3.33. The van der Waals surface area contributed by atoms with E-state index in [9.17, 15) is 9.59 Å². The van der Waals surface area contributed by atoms with Crippen molar-refractivity contribution in [3.63, 3.8) is 0 Å². The zero-order chi connectivity index (χ0) is 14.8. The predicted molar refractivity (Wildman–Crippen MR) is 76.2 cm³/mol. The Bertz CT molecular complexity index is 560. The molecule has 0 radical (unpaired) electrons. The number of ether oxygens (including phenoxy) is 1. The van der Waals surface area contributed by atoms with Crippen LogP contribution in [0.25, 0.3) is 0 Å². The molecule has 3 rings (SSSR count). The van der Waals surface area contributed by atoms with Gasteiger partial charge in [-0.3, -0.25) is 4.79 Å². The van der Waals surface area contributed by atoms with Crippen LogP contribution < -0.4 is 10.6 Å². The molecule has 2 aliphatic rings. The molecule has 2 saturated heterocycles. The molecular formula is C15H18N2O4. The number of urea groups is 1. The van der Waals surface area contributed by atoms with Crippen molar-refractivity contribution < 1.29 is 19.4 Å². The topological polar surface area (TPSA) is 87.7 Å². The van der Waals surface area contributed by atoms with Crippen LogP contribution >= 0.6 is 0 Å². The van der Waals surface area contributed by atoms with Gasteiger partial charge in [0, 0.05) is 5.69 Å². The summed E-state index contributed by atoms with van der Waals surface area (Å²) >= 11 is 0. The molecule has 2 aliphatic heterocycles. The van der Waals surface area contributed by atoms with Crippen molar-refractivity contribution in [3.05, 3.63) is 29.8 Å². The third-order valence-electron chi connectivity index (χ3n) is 3.96. The minimum absolute atomic E-state index is 0.0582. The molecule has 0 aromatic heterocycles. The average molecular weight is 290 g/mol. The molecule has 0 aliphatic carbocycles. The van der Waals surface area contributed by atoms with Gasteiger partial charge >= 0.3 is 12.0 Å². The van der Waals surface area contributed by atoms with Crippen molar-refractivity contribution in [1.82, 2.24) is 5.32 Å². The smallest absolute Gasteiger partial charge is 0.319 e. The summed E-state index contributed by atoms with van der Waals surface area (Å²) in [6.07, 6.45) is 3.33. The minimum Gasteiger partial charge on any atom is -0.481 e. The van der Waals surface area contributed by atoms with Crippen molar-refractivity contribution in [1.29, 1.82) is 0 Å². The summed E-state index contributed by atoms with van der Waals surface area (Å²) in [5.41, 5.74) is 1.25. The van der Waals surface area contributed by atoms with Crippen LogP contribution in [0.15, 0.2) is 24.3 Å². The van der Waals surface area contributed by atoms with Gasteiger partial charge < -0.3 is 20.5 Å². The zero-order valence-corrected chi connectivity index (χ0v) is 11.5. The number of rotatable bonds is 4. The molecule has 1 aromatic rings. The van der Waals surface area contributed by atoms with Crippen LogP contribution in [0.1, 0.15) is 24.8 Å². The van der Waals surface area contributed by atoms with E-state index < -0.39 is 5.97 Å². The molecule has 6 nitrogen and oxygen atoms in total. The van der Waals surface area contributed by atoms with Crippen LogP contribution in [0.4, 0.5) is 10.5 Å². The maximum absolute atomic E-state index is 12.0. The second kappa shape index (κ2) is 5.73. The second-order valence-corrected chi connectivity index (χ2v) is 5.59. The number of anilines is 1. The van der Waals surface area contributed by atoms with E-state index >= 15 is 0 Å². The standard InChI is InChI=1S/C15H18N2O4/c18-14(19)7-9-2-1-3-10(6-9)16-15(20)17-12-8-11-4-5-13(12)21-11/h1-3,6,11-13H,4-5,7-8H2,(H,18,19)(H2,16,17,20). The first-order chi connectivity index (χ1) is 10.1. The number of carboxylic acids is 1. The Balaban J connectivity index is 1.56. The second-order valence-electron chi connectivity index (χ2n) is 5.59. The Morgan fingerprint density at radius 2 is 2.19 bits per heavy atom. The Morgan fingerprint density at radius 1 is 1.33 bits per heavy atom. The molecule has 3 atom stereocenters. The lowest BCUT2D eigenvalue weighted by Gasteiger charge is -2.20. The largest absolute Gasteiger partial charge is 0.481 e. The molecule has 6 heteroatoms. The molecule has 3 unspecified atom stereocenters. The zero-order valence-electron chi connectivity index (χ0n) is 11.5. The summed E-state index contributed by atoms with van der Waals surface area (Å²) < 4.78 is 5.69. The fraction of sp³-hybridized carbons (Fsp3) is 0.467. The van der Waals surface area contributed by atoms with Gasteiger partial charge in [-0.05, 0) is 37.0 Å². The van der Waals surface area contributed by atoms with E-state index in [0.717, 1.165) is 19.3 Å². The molecule has 112 valence electrons. The number of carbonyl (C=O) groups excluding carboxylic acids is 1. The maximum atomic E-state index is 12.0. The number of carbonyl (C=O) groups is 2. The highest BCUT2D eigenvalue weighted by atomic mass is 16.5. The lowest BCUT2D eigenvalue weighted by Crippen LogP contribution is -2.43. The summed E-state index contributed by atoms with van der Waals surface area (Å²) in [5.74, 6) is -0.893. The summed E-state index contributed by atoms with van der Waals surface area (Å²) in [5, 5.41) is 14.4. The van der Waals surface area contributed by atoms with Crippen molar-refractivity contribution in [2.24, 2.45) is 0 Å². The number of carboxylic acid groups (broad SMARTS) is 1. The molecule has 0 saturated carbocycles. The van der Waals surface area contributed by atoms with Gasteiger partial charge in [0.15, 0.2) is 0 Å². The number of hydrogen-bond donors (Lipinski definition) is 3. The van der Waals surface area contributed by atoms with E-state index in [-0.39, 0.29) is 24.6 Å². The fourth-order valence-electron chi connectivity index (χ4n) is 3.06. The number of amides is 2. The van der Waals surface area contributed by atoms with Gasteiger partial charge in [0.1, 0.15) is 0 Å². The minimum atomic E-state index is -0.893. The molecule has 2 fully saturated rings. The van der Waals surface area contributed by atoms with Crippen LogP contribution in [0.5, 0.6) is 0 Å². The third-order valence-corrected chi connectivity index (χ3v) is 3.96. The van der Waals surface area contributed by atoms with Crippen molar-refractivity contribution >= 4 is 17.7 Å². The van der Waals surface area contributed by atoms with Crippen LogP contribution in [0, 0.1) is 0 Å². The van der Waals surface area contributed by atoms with Crippen molar-refractivity contribution in [2.45, 2.75) is 43.9 Å². The van der Waals surface area contributed by atoms with E-state index in [1.807, 2.05) is 0 Å². The summed E-state index contributed by atoms with van der Waals surface area (Å²) in [6.45, 7) is 0. The normalized spacial score (nSPS) is 26.6. The Morgan fingerprint density at radius 3 is 2.86 bits per heavy atom. The van der Waals surface area contributed by atoms with E-state index in [2.05, 4.69) is 10.6 Å². The highest BCUT2D eigenvalue weighted by molar-refractivity contribution is 5.89. The van der Waals surface area contributed by atoms with Crippen LogP contribution in [0.3, 0.4) is 0 Å². The lowest BCUT2D eigenvalue weighted by molar-refractivity contribution is -0.136. The van der Waals surface area contributed by atoms with E-state index in [1.54, 1.807) is 24.3 Å². The average Bonchev–Trinajstić information content (AvgIpc) is 3.00. The highest BCUT2D eigenvalue weighted by Gasteiger charge is 2.41. The molecule has 2 bridgehead atoms. The fourth-order valence-corrected chi connectivity index (χ4v) is 3.06. The molecule has 2 heterocycles. The molecule has 21 heavy (non-hydrogen) atoms. The Kier molecular flexibility index (Phi) is 3.79. The number of nitrogens with one attached hydrogen (secondary N) is 2. The molecule has 3 N–H and O–H groups in total. The molecule has 1 aromatic carbocycles. The summed E-state index contributed by atoms with van der Waals surface area (Å²) in [6, 6.07) is 6.66. The van der Waals surface area contributed by atoms with Crippen LogP contribution in [0.2, 0.25) is 0 Å². The van der Waals surface area contributed by atoms with Gasteiger partial charge in [-0.1, -0.05) is 12.1 Å². The SMILES string of the molecule is O=C(O)Cc1cccc(NC(=O)NC2CC3CCC2O3)c1. The van der Waals surface area contributed by atoms with Gasteiger partial charge in [-0.15, -0.1) is 0 Å². The Labute approximate surface area is 122 Å². The van der Waals surface area contributed by atoms with Crippen molar-refractivity contribution in [3.8, 4) is 0 Å². The highest BCUT2D eigenvalue weighted by Crippen LogP contribution is 2.34. The van der Waals surface area contributed by atoms with Crippen LogP contribution in [-0.2, 0) is 16.0 Å². The summed E-state index contributed by atoms with van der Waals surface area (Å²) in [4.78, 5) is 22.7. The molecule has 2 amide bonds. The first-order valence-corrected chi connectivity index (χ1v) is 7.14. The monoisotopic (exact) mass is 290 g/mol. The van der Waals surface area contributed by atoms with Gasteiger partial charge in [0.2, 0.25) is 0 Å². The first kappa shape index (κ1) is 13.9. The number of aliphatic carboxylic acids is 1.